The summed E-state index contributed by atoms with van der Waals surface area (Å²) < 4.78 is 5.46. The first kappa shape index (κ1) is 22.5. The lowest BCUT2D eigenvalue weighted by Crippen LogP contribution is -2.49. The maximum atomic E-state index is 13.1. The maximum absolute atomic E-state index is 13.1. The monoisotopic (exact) mass is 409 g/mol. The SMILES string of the molecule is CCOCCN(C)CCN1CC[C@@H](C(C(N)=O)(c2ccccc2)c2ccccc2)C1. The summed E-state index contributed by atoms with van der Waals surface area (Å²) in [5, 5.41) is 0. The summed E-state index contributed by atoms with van der Waals surface area (Å²) in [7, 11) is 2.13. The highest BCUT2D eigenvalue weighted by molar-refractivity contribution is 5.91. The Hall–Kier alpha value is -2.21. The summed E-state index contributed by atoms with van der Waals surface area (Å²) in [4.78, 5) is 17.9. The van der Waals surface area contributed by atoms with Gasteiger partial charge in [0.2, 0.25) is 5.91 Å². The van der Waals surface area contributed by atoms with Crippen LogP contribution in [0.4, 0.5) is 0 Å². The Morgan fingerprint density at radius 2 is 1.70 bits per heavy atom. The fraction of sp³-hybridized carbons (Fsp3) is 0.480. The highest BCUT2D eigenvalue weighted by Crippen LogP contribution is 2.43. The molecule has 5 heteroatoms. The van der Waals surface area contributed by atoms with Crippen molar-refractivity contribution in [3.8, 4) is 0 Å². The molecule has 2 aromatic rings. The van der Waals surface area contributed by atoms with Crippen LogP contribution in [0.5, 0.6) is 0 Å². The first-order valence-electron chi connectivity index (χ1n) is 11.0. The van der Waals surface area contributed by atoms with E-state index in [-0.39, 0.29) is 11.8 Å². The summed E-state index contributed by atoms with van der Waals surface area (Å²) in [6.07, 6.45) is 0.954. The Kier molecular flexibility index (Phi) is 8.02. The van der Waals surface area contributed by atoms with Gasteiger partial charge in [-0.25, -0.2) is 0 Å². The van der Waals surface area contributed by atoms with Gasteiger partial charge in [-0.3, -0.25) is 4.79 Å². The molecule has 1 fully saturated rings. The van der Waals surface area contributed by atoms with Crippen LogP contribution < -0.4 is 5.73 Å². The van der Waals surface area contributed by atoms with Gasteiger partial charge in [0.05, 0.1) is 6.61 Å². The first-order chi connectivity index (χ1) is 14.6. The minimum Gasteiger partial charge on any atom is -0.380 e. The van der Waals surface area contributed by atoms with Crippen LogP contribution in [0.1, 0.15) is 24.5 Å². The van der Waals surface area contributed by atoms with Gasteiger partial charge in [0.15, 0.2) is 0 Å². The minimum atomic E-state index is -0.807. The molecule has 30 heavy (non-hydrogen) atoms. The molecule has 0 aromatic heterocycles. The number of ether oxygens (including phenoxy) is 1. The molecule has 2 N–H and O–H groups in total. The minimum absolute atomic E-state index is 0.147. The molecule has 0 aliphatic carbocycles. The zero-order valence-electron chi connectivity index (χ0n) is 18.3. The molecule has 5 nitrogen and oxygen atoms in total. The van der Waals surface area contributed by atoms with E-state index in [0.29, 0.717) is 0 Å². The third-order valence-corrected chi connectivity index (χ3v) is 6.35. The van der Waals surface area contributed by atoms with E-state index in [1.54, 1.807) is 0 Å². The third kappa shape index (κ3) is 4.91. The lowest BCUT2D eigenvalue weighted by Gasteiger charge is -2.37. The zero-order valence-corrected chi connectivity index (χ0v) is 18.3. The van der Waals surface area contributed by atoms with Crippen molar-refractivity contribution in [2.24, 2.45) is 11.7 Å². The van der Waals surface area contributed by atoms with E-state index in [0.717, 1.165) is 63.5 Å². The number of hydrogen-bond donors (Lipinski definition) is 1. The van der Waals surface area contributed by atoms with Crippen molar-refractivity contribution < 1.29 is 9.53 Å². The smallest absolute Gasteiger partial charge is 0.232 e. The standard InChI is InChI=1S/C25H35N3O2/c1-3-30-19-18-27(2)16-17-28-15-14-23(20-28)25(24(26)29,21-10-6-4-7-11-21)22-12-8-5-9-13-22/h4-13,23H,3,14-20H2,1-2H3,(H2,26,29)/t23-/m1/s1. The maximum Gasteiger partial charge on any atom is 0.232 e. The number of amides is 1. The molecule has 1 heterocycles. The van der Waals surface area contributed by atoms with Crippen molar-refractivity contribution in [3.63, 3.8) is 0 Å². The number of likely N-dealkylation sites (tertiary alicyclic amines) is 1. The van der Waals surface area contributed by atoms with Crippen LogP contribution >= 0.6 is 0 Å². The lowest BCUT2D eigenvalue weighted by molar-refractivity contribution is -0.123. The van der Waals surface area contributed by atoms with Gasteiger partial charge in [0.1, 0.15) is 5.41 Å². The van der Waals surface area contributed by atoms with Crippen molar-refractivity contribution in [1.82, 2.24) is 9.80 Å². The lowest BCUT2D eigenvalue weighted by atomic mass is 9.64. The largest absolute Gasteiger partial charge is 0.380 e. The second kappa shape index (κ2) is 10.7. The van der Waals surface area contributed by atoms with Crippen molar-refractivity contribution >= 4 is 5.91 Å². The molecule has 1 aliphatic rings. The Morgan fingerprint density at radius 3 is 2.23 bits per heavy atom. The Morgan fingerprint density at radius 1 is 1.10 bits per heavy atom. The van der Waals surface area contributed by atoms with E-state index in [2.05, 4.69) is 16.8 Å². The first-order valence-corrected chi connectivity index (χ1v) is 11.0. The summed E-state index contributed by atoms with van der Waals surface area (Å²) in [5.74, 6) is -0.117. The van der Waals surface area contributed by atoms with E-state index in [1.165, 1.54) is 0 Å². The molecular weight excluding hydrogens is 374 g/mol. The number of primary amides is 1. The molecule has 0 radical (unpaired) electrons. The van der Waals surface area contributed by atoms with Crippen molar-refractivity contribution in [2.45, 2.75) is 18.8 Å². The van der Waals surface area contributed by atoms with Gasteiger partial charge in [0.25, 0.3) is 0 Å². The molecule has 0 saturated carbocycles. The molecule has 1 saturated heterocycles. The normalized spacial score (nSPS) is 17.5. The zero-order chi connectivity index (χ0) is 21.4. The number of benzene rings is 2. The third-order valence-electron chi connectivity index (χ3n) is 6.35. The molecule has 3 rings (SSSR count). The second-order valence-corrected chi connectivity index (χ2v) is 8.19. The van der Waals surface area contributed by atoms with Gasteiger partial charge < -0.3 is 20.3 Å². The average Bonchev–Trinajstić information content (AvgIpc) is 3.23. The average molecular weight is 410 g/mol. The number of hydrogen-bond acceptors (Lipinski definition) is 4. The van der Waals surface area contributed by atoms with Crippen molar-refractivity contribution in [1.29, 1.82) is 0 Å². The topological polar surface area (TPSA) is 58.8 Å². The molecule has 2 aromatic carbocycles. The number of nitrogens with zero attached hydrogens (tertiary/aromatic N) is 2. The molecule has 1 aliphatic heterocycles. The summed E-state index contributed by atoms with van der Waals surface area (Å²) in [6.45, 7) is 8.31. The molecule has 1 amide bonds. The second-order valence-electron chi connectivity index (χ2n) is 8.19. The number of carbonyl (C=O) groups excluding carboxylic acids is 1. The molecule has 1 atom stereocenters. The summed E-state index contributed by atoms with van der Waals surface area (Å²) in [6, 6.07) is 20.1. The van der Waals surface area contributed by atoms with Crippen LogP contribution in [0.2, 0.25) is 0 Å². The van der Waals surface area contributed by atoms with E-state index in [1.807, 2.05) is 67.6 Å². The van der Waals surface area contributed by atoms with Crippen LogP contribution in [0.3, 0.4) is 0 Å². The highest BCUT2D eigenvalue weighted by atomic mass is 16.5. The highest BCUT2D eigenvalue weighted by Gasteiger charge is 2.49. The van der Waals surface area contributed by atoms with Gasteiger partial charge in [0, 0.05) is 32.8 Å². The fourth-order valence-electron chi connectivity index (χ4n) is 4.70. The Bertz CT molecular complexity index is 742. The molecular formula is C25H35N3O2. The van der Waals surface area contributed by atoms with E-state index in [4.69, 9.17) is 10.5 Å². The van der Waals surface area contributed by atoms with E-state index in [9.17, 15) is 4.79 Å². The van der Waals surface area contributed by atoms with Crippen LogP contribution in [0.25, 0.3) is 0 Å². The van der Waals surface area contributed by atoms with Crippen LogP contribution in [-0.4, -0.2) is 68.7 Å². The van der Waals surface area contributed by atoms with Gasteiger partial charge >= 0.3 is 0 Å². The number of rotatable bonds is 11. The van der Waals surface area contributed by atoms with E-state index < -0.39 is 5.41 Å². The van der Waals surface area contributed by atoms with Crippen LogP contribution in [0.15, 0.2) is 60.7 Å². The van der Waals surface area contributed by atoms with Crippen LogP contribution in [-0.2, 0) is 14.9 Å². The number of likely N-dealkylation sites (N-methyl/N-ethyl adjacent to an activating group) is 1. The summed E-state index contributed by atoms with van der Waals surface area (Å²) >= 11 is 0. The van der Waals surface area contributed by atoms with Gasteiger partial charge in [-0.2, -0.15) is 0 Å². The quantitative estimate of drug-likeness (QED) is 0.580. The van der Waals surface area contributed by atoms with Gasteiger partial charge in [-0.15, -0.1) is 0 Å². The van der Waals surface area contributed by atoms with E-state index >= 15 is 0 Å². The fourth-order valence-corrected chi connectivity index (χ4v) is 4.70. The van der Waals surface area contributed by atoms with Crippen molar-refractivity contribution in [2.75, 3.05) is 53.0 Å². The van der Waals surface area contributed by atoms with Crippen LogP contribution in [0, 0.1) is 5.92 Å². The number of nitrogens with two attached hydrogens (primary N) is 1. The molecule has 0 unspecified atom stereocenters. The molecule has 162 valence electrons. The Balaban J connectivity index is 1.78. The molecule has 0 bridgehead atoms. The summed E-state index contributed by atoms with van der Waals surface area (Å²) in [5.41, 5.74) is 7.34. The Labute approximate surface area is 180 Å². The predicted molar refractivity (Wildman–Crippen MR) is 121 cm³/mol. The van der Waals surface area contributed by atoms with Gasteiger partial charge in [-0.05, 0) is 44.0 Å². The number of carbonyl (C=O) groups is 1. The molecule has 0 spiro atoms. The predicted octanol–water partition coefficient (Wildman–Crippen LogP) is 2.75. The van der Waals surface area contributed by atoms with Gasteiger partial charge in [-0.1, -0.05) is 60.7 Å². The van der Waals surface area contributed by atoms with Crippen molar-refractivity contribution in [3.05, 3.63) is 71.8 Å².